The van der Waals surface area contributed by atoms with E-state index in [1.807, 2.05) is 0 Å². The molecule has 0 aliphatic carbocycles. The Hall–Kier alpha value is -1.61. The maximum Gasteiger partial charge on any atom is 0.277 e. The molecule has 0 radical (unpaired) electrons. The molecular formula is C11H5BrClF4N3O. The first kappa shape index (κ1) is 15.8. The molecule has 4 nitrogen and oxygen atoms in total. The van der Waals surface area contributed by atoms with E-state index in [1.165, 1.54) is 17.9 Å². The third-order valence-electron chi connectivity index (χ3n) is 2.45. The summed E-state index contributed by atoms with van der Waals surface area (Å²) >= 11 is 8.05. The highest BCUT2D eigenvalue weighted by Gasteiger charge is 2.26. The molecule has 0 atom stereocenters. The number of hydrogen-bond acceptors (Lipinski definition) is 2. The van der Waals surface area contributed by atoms with Crippen molar-refractivity contribution in [2.75, 3.05) is 5.32 Å². The fourth-order valence-corrected chi connectivity index (χ4v) is 2.11. The summed E-state index contributed by atoms with van der Waals surface area (Å²) in [5.41, 5.74) is -1.61. The lowest BCUT2D eigenvalue weighted by atomic mass is 10.2. The van der Waals surface area contributed by atoms with Crippen LogP contribution in [0.3, 0.4) is 0 Å². The van der Waals surface area contributed by atoms with Crippen molar-refractivity contribution in [3.8, 4) is 0 Å². The number of nitrogens with one attached hydrogen (secondary N) is 1. The van der Waals surface area contributed by atoms with Gasteiger partial charge in [0.25, 0.3) is 5.91 Å². The van der Waals surface area contributed by atoms with Crippen molar-refractivity contribution in [2.45, 2.75) is 0 Å². The molecule has 1 heterocycles. The Morgan fingerprint density at radius 3 is 2.19 bits per heavy atom. The van der Waals surface area contributed by atoms with Crippen molar-refractivity contribution in [3.63, 3.8) is 0 Å². The minimum Gasteiger partial charge on any atom is -0.315 e. The molecule has 0 saturated carbocycles. The zero-order valence-corrected chi connectivity index (χ0v) is 12.5. The number of benzene rings is 1. The third kappa shape index (κ3) is 2.75. The largest absolute Gasteiger partial charge is 0.315 e. The summed E-state index contributed by atoms with van der Waals surface area (Å²) in [7, 11) is 1.46. The summed E-state index contributed by atoms with van der Waals surface area (Å²) in [5, 5.41) is 5.28. The standard InChI is InChI=1S/C11H5BrClF4N3O/c1-20-2-3(13)9(19-20)11(21)18-10-7(16)5(14)4(12)6(15)8(10)17/h2H,1H3,(H,18,21). The van der Waals surface area contributed by atoms with Gasteiger partial charge in [0.1, 0.15) is 5.69 Å². The first-order chi connectivity index (χ1) is 9.73. The lowest BCUT2D eigenvalue weighted by Gasteiger charge is -2.09. The predicted octanol–water partition coefficient (Wildman–Crippen LogP) is 3.64. The number of carbonyl (C=O) groups excluding carboxylic acids is 1. The fourth-order valence-electron chi connectivity index (χ4n) is 1.50. The van der Waals surface area contributed by atoms with Crippen LogP contribution in [0.1, 0.15) is 10.5 Å². The molecule has 0 aliphatic heterocycles. The molecule has 1 aromatic heterocycles. The van der Waals surface area contributed by atoms with Gasteiger partial charge in [-0.1, -0.05) is 11.6 Å². The maximum atomic E-state index is 13.6. The van der Waals surface area contributed by atoms with Crippen molar-refractivity contribution in [2.24, 2.45) is 7.05 Å². The minimum atomic E-state index is -1.75. The number of carbonyl (C=O) groups is 1. The number of hydrogen-bond donors (Lipinski definition) is 1. The average Bonchev–Trinajstić information content (AvgIpc) is 2.78. The number of halogens is 6. The van der Waals surface area contributed by atoms with Crippen LogP contribution in [0.25, 0.3) is 0 Å². The maximum absolute atomic E-state index is 13.6. The molecular weight excluding hydrogens is 381 g/mol. The molecule has 0 spiro atoms. The molecule has 2 aromatic rings. The monoisotopic (exact) mass is 385 g/mol. The normalized spacial score (nSPS) is 10.8. The topological polar surface area (TPSA) is 46.9 Å². The van der Waals surface area contributed by atoms with Crippen molar-refractivity contribution in [3.05, 3.63) is 44.7 Å². The van der Waals surface area contributed by atoms with Crippen molar-refractivity contribution in [1.82, 2.24) is 9.78 Å². The van der Waals surface area contributed by atoms with Crippen LogP contribution in [0.5, 0.6) is 0 Å². The van der Waals surface area contributed by atoms with Crippen LogP contribution < -0.4 is 5.32 Å². The van der Waals surface area contributed by atoms with E-state index in [0.717, 1.165) is 0 Å². The predicted molar refractivity (Wildman–Crippen MR) is 70.1 cm³/mol. The van der Waals surface area contributed by atoms with Gasteiger partial charge in [-0.05, 0) is 15.9 Å². The molecule has 0 aliphatic rings. The van der Waals surface area contributed by atoms with Crippen LogP contribution >= 0.6 is 27.5 Å². The molecule has 1 amide bonds. The van der Waals surface area contributed by atoms with E-state index < -0.39 is 39.3 Å². The zero-order valence-electron chi connectivity index (χ0n) is 10.1. The van der Waals surface area contributed by atoms with Gasteiger partial charge in [-0.15, -0.1) is 0 Å². The van der Waals surface area contributed by atoms with Gasteiger partial charge in [-0.3, -0.25) is 9.48 Å². The van der Waals surface area contributed by atoms with Crippen LogP contribution in [0.2, 0.25) is 5.02 Å². The third-order valence-corrected chi connectivity index (χ3v) is 3.42. The van der Waals surface area contributed by atoms with Gasteiger partial charge in [-0.25, -0.2) is 17.6 Å². The van der Waals surface area contributed by atoms with Gasteiger partial charge in [0.2, 0.25) is 0 Å². The number of nitrogens with zero attached hydrogens (tertiary/aromatic N) is 2. The van der Waals surface area contributed by atoms with E-state index in [0.29, 0.717) is 0 Å². The van der Waals surface area contributed by atoms with Crippen LogP contribution in [0.4, 0.5) is 23.2 Å². The number of anilines is 1. The highest BCUT2D eigenvalue weighted by atomic mass is 79.9. The Morgan fingerprint density at radius 2 is 1.76 bits per heavy atom. The Labute approximate surface area is 128 Å². The van der Waals surface area contributed by atoms with Gasteiger partial charge >= 0.3 is 0 Å². The second-order valence-corrected chi connectivity index (χ2v) is 5.10. The number of aromatic nitrogens is 2. The van der Waals surface area contributed by atoms with E-state index in [2.05, 4.69) is 21.0 Å². The summed E-state index contributed by atoms with van der Waals surface area (Å²) in [6.45, 7) is 0. The van der Waals surface area contributed by atoms with E-state index >= 15 is 0 Å². The van der Waals surface area contributed by atoms with E-state index in [4.69, 9.17) is 11.6 Å². The smallest absolute Gasteiger partial charge is 0.277 e. The number of amides is 1. The summed E-state index contributed by atoms with van der Waals surface area (Å²) in [6, 6.07) is 0. The zero-order chi connectivity index (χ0) is 15.9. The molecule has 0 bridgehead atoms. The Balaban J connectivity index is 2.45. The van der Waals surface area contributed by atoms with Gasteiger partial charge in [0.05, 0.1) is 9.50 Å². The molecule has 1 N–H and O–H groups in total. The quantitative estimate of drug-likeness (QED) is 0.487. The molecule has 1 aromatic carbocycles. The number of aryl methyl sites for hydroxylation is 1. The van der Waals surface area contributed by atoms with Crippen LogP contribution in [0, 0.1) is 23.3 Å². The molecule has 2 rings (SSSR count). The Bertz CT molecular complexity index is 721. The Kier molecular flexibility index (Phi) is 4.24. The lowest BCUT2D eigenvalue weighted by Crippen LogP contribution is -2.17. The minimum absolute atomic E-state index is 0.0890. The van der Waals surface area contributed by atoms with Crippen LogP contribution in [-0.2, 0) is 7.05 Å². The lowest BCUT2D eigenvalue weighted by molar-refractivity contribution is 0.102. The molecule has 0 saturated heterocycles. The second-order valence-electron chi connectivity index (χ2n) is 3.90. The van der Waals surface area contributed by atoms with Gasteiger partial charge < -0.3 is 5.32 Å². The van der Waals surface area contributed by atoms with Gasteiger partial charge in [0.15, 0.2) is 29.0 Å². The van der Waals surface area contributed by atoms with Crippen molar-refractivity contribution < 1.29 is 22.4 Å². The molecule has 112 valence electrons. The fraction of sp³-hybridized carbons (Fsp3) is 0.0909. The van der Waals surface area contributed by atoms with E-state index in [9.17, 15) is 22.4 Å². The van der Waals surface area contributed by atoms with Crippen molar-refractivity contribution in [1.29, 1.82) is 0 Å². The highest BCUT2D eigenvalue weighted by molar-refractivity contribution is 9.10. The van der Waals surface area contributed by atoms with Gasteiger partial charge in [-0.2, -0.15) is 5.10 Å². The Morgan fingerprint density at radius 1 is 1.24 bits per heavy atom. The summed E-state index contributed by atoms with van der Waals surface area (Å²) < 4.78 is 54.1. The van der Waals surface area contributed by atoms with Crippen LogP contribution in [-0.4, -0.2) is 15.7 Å². The van der Waals surface area contributed by atoms with Crippen molar-refractivity contribution >= 4 is 39.1 Å². The van der Waals surface area contributed by atoms with Crippen LogP contribution in [0.15, 0.2) is 10.7 Å². The number of rotatable bonds is 2. The summed E-state index contributed by atoms with van der Waals surface area (Å²) in [4.78, 5) is 11.8. The second kappa shape index (κ2) is 5.64. The summed E-state index contributed by atoms with van der Waals surface area (Å²) in [5.74, 6) is -7.95. The SMILES string of the molecule is Cn1cc(Cl)c(C(=O)Nc2c(F)c(F)c(Br)c(F)c2F)n1. The average molecular weight is 387 g/mol. The first-order valence-corrected chi connectivity index (χ1v) is 6.43. The molecule has 10 heteroatoms. The summed E-state index contributed by atoms with van der Waals surface area (Å²) in [6.07, 6.45) is 1.27. The molecule has 0 fully saturated rings. The van der Waals surface area contributed by atoms with E-state index in [-0.39, 0.29) is 10.7 Å². The van der Waals surface area contributed by atoms with E-state index in [1.54, 1.807) is 5.32 Å². The molecule has 0 unspecified atom stereocenters. The first-order valence-electron chi connectivity index (χ1n) is 5.26. The molecule has 21 heavy (non-hydrogen) atoms. The highest BCUT2D eigenvalue weighted by Crippen LogP contribution is 2.31. The van der Waals surface area contributed by atoms with Gasteiger partial charge in [0, 0.05) is 13.2 Å².